The summed E-state index contributed by atoms with van der Waals surface area (Å²) in [4.78, 5) is 3.25. The molecule has 0 fully saturated rings. The van der Waals surface area contributed by atoms with Gasteiger partial charge in [0.1, 0.15) is 0 Å². The first-order chi connectivity index (χ1) is 10.1. The number of thioether (sulfide) groups is 1. The third-order valence-electron chi connectivity index (χ3n) is 3.23. The molecule has 1 heterocycles. The van der Waals surface area contributed by atoms with Crippen LogP contribution in [-0.4, -0.2) is 10.3 Å². The van der Waals surface area contributed by atoms with Gasteiger partial charge in [-0.25, -0.2) is 4.98 Å². The molecule has 5 heteroatoms. The number of aromatic nitrogens is 1. The van der Waals surface area contributed by atoms with Crippen molar-refractivity contribution in [1.29, 1.82) is 0 Å². The Bertz CT molecular complexity index is 629. The van der Waals surface area contributed by atoms with Crippen LogP contribution in [0.2, 0.25) is 0 Å². The summed E-state index contributed by atoms with van der Waals surface area (Å²) in [6.07, 6.45) is 1.64. The van der Waals surface area contributed by atoms with Crippen LogP contribution in [0.15, 0.2) is 36.4 Å². The fourth-order valence-electron chi connectivity index (χ4n) is 2.22. The van der Waals surface area contributed by atoms with Crippen molar-refractivity contribution < 1.29 is 15.5 Å². The van der Waals surface area contributed by atoms with Crippen LogP contribution in [0.25, 0.3) is 0 Å². The lowest BCUT2D eigenvalue weighted by Gasteiger charge is -2.05. The number of amidine groups is 1. The molecule has 110 valence electrons. The second-order valence-electron chi connectivity index (χ2n) is 4.98. The quantitative estimate of drug-likeness (QED) is 0.559. The van der Waals surface area contributed by atoms with Crippen LogP contribution in [0, 0.1) is 6.92 Å². The summed E-state index contributed by atoms with van der Waals surface area (Å²) in [7, 11) is 0. The monoisotopic (exact) mass is 303 g/mol. The molecule has 0 aliphatic carbocycles. The third-order valence-corrected chi connectivity index (χ3v) is 4.02. The number of nitrogens with one attached hydrogen (secondary N) is 1. The summed E-state index contributed by atoms with van der Waals surface area (Å²) in [5, 5.41) is 16.1. The van der Waals surface area contributed by atoms with Gasteiger partial charge in [0, 0.05) is 30.7 Å². The number of pyridine rings is 1. The Morgan fingerprint density at radius 3 is 2.67 bits per heavy atom. The van der Waals surface area contributed by atoms with E-state index in [9.17, 15) is 5.11 Å². The summed E-state index contributed by atoms with van der Waals surface area (Å²) in [5.74, 6) is 0.882. The number of rotatable bonds is 5. The van der Waals surface area contributed by atoms with Gasteiger partial charge in [0.15, 0.2) is 11.4 Å². The minimum absolute atomic E-state index is 0.310. The van der Waals surface area contributed by atoms with Gasteiger partial charge in [0.2, 0.25) is 5.69 Å². The second kappa shape index (κ2) is 7.13. The highest BCUT2D eigenvalue weighted by atomic mass is 32.2. The van der Waals surface area contributed by atoms with E-state index >= 15 is 0 Å². The van der Waals surface area contributed by atoms with E-state index in [-0.39, 0.29) is 0 Å². The molecule has 2 rings (SSSR count). The van der Waals surface area contributed by atoms with Crippen molar-refractivity contribution in [1.82, 2.24) is 0 Å². The first-order valence-corrected chi connectivity index (χ1v) is 7.83. The van der Waals surface area contributed by atoms with Crippen LogP contribution in [0.4, 0.5) is 0 Å². The molecule has 2 aromatic rings. The number of hydrogen-bond acceptors (Lipinski definition) is 2. The highest BCUT2D eigenvalue weighted by Gasteiger charge is 2.17. The second-order valence-corrected chi connectivity index (χ2v) is 6.03. The number of nitrogens with two attached hydrogens (primary N) is 2. The lowest BCUT2D eigenvalue weighted by atomic mass is 10.1. The maximum Gasteiger partial charge on any atom is 0.300 e. The molecule has 4 nitrogen and oxygen atoms in total. The van der Waals surface area contributed by atoms with Crippen molar-refractivity contribution in [2.45, 2.75) is 25.5 Å². The Labute approximate surface area is 128 Å². The standard InChI is InChI=1S/C16H19N3OS/c1-11-9-13(10-21-16(17)18)15(20)14(19-11)8-7-12-5-3-2-4-6-12/h2-6,9,20H,7-8,10H2,1H3,(H3,17,18)/p+2. The average Bonchev–Trinajstić information content (AvgIpc) is 2.47. The molecule has 0 atom stereocenters. The maximum atomic E-state index is 10.4. The fourth-order valence-corrected chi connectivity index (χ4v) is 2.77. The number of aryl methyl sites for hydroxylation is 3. The van der Waals surface area contributed by atoms with Crippen molar-refractivity contribution in [3.8, 4) is 5.75 Å². The molecule has 1 aromatic carbocycles. The molecule has 0 radical (unpaired) electrons. The van der Waals surface area contributed by atoms with Crippen LogP contribution in [0.1, 0.15) is 22.5 Å². The largest absolute Gasteiger partial charge is 0.502 e. The van der Waals surface area contributed by atoms with Crippen molar-refractivity contribution in [3.05, 3.63) is 58.9 Å². The van der Waals surface area contributed by atoms with E-state index in [0.29, 0.717) is 16.7 Å². The Balaban J connectivity index is 2.13. The van der Waals surface area contributed by atoms with Crippen molar-refractivity contribution in [2.24, 2.45) is 5.73 Å². The molecular weight excluding hydrogens is 282 g/mol. The van der Waals surface area contributed by atoms with Crippen molar-refractivity contribution in [3.63, 3.8) is 0 Å². The van der Waals surface area contributed by atoms with Crippen LogP contribution >= 0.6 is 11.8 Å². The molecule has 0 spiro atoms. The van der Waals surface area contributed by atoms with E-state index in [0.717, 1.165) is 29.8 Å². The third kappa shape index (κ3) is 4.49. The average molecular weight is 303 g/mol. The van der Waals surface area contributed by atoms with Crippen LogP contribution in [0.3, 0.4) is 0 Å². The van der Waals surface area contributed by atoms with Gasteiger partial charge in [0.05, 0.1) is 0 Å². The van der Waals surface area contributed by atoms with E-state index in [4.69, 9.17) is 11.1 Å². The Hall–Kier alpha value is -2.01. The van der Waals surface area contributed by atoms with Gasteiger partial charge >= 0.3 is 0 Å². The maximum absolute atomic E-state index is 10.4. The van der Waals surface area contributed by atoms with Crippen LogP contribution in [-0.2, 0) is 18.6 Å². The van der Waals surface area contributed by atoms with Gasteiger partial charge in [-0.2, -0.15) is 0 Å². The fraction of sp³-hybridized carbons (Fsp3) is 0.250. The topological polar surface area (TPSA) is 86.0 Å². The summed E-state index contributed by atoms with van der Waals surface area (Å²) in [5.41, 5.74) is 9.44. The Morgan fingerprint density at radius 2 is 2.00 bits per heavy atom. The SMILES string of the molecule is Cc1cc(CSC(N)=[NH2+])c(O)c(CCc2ccccc2)[nH+]1. The van der Waals surface area contributed by atoms with Gasteiger partial charge in [0.25, 0.3) is 5.17 Å². The smallest absolute Gasteiger partial charge is 0.300 e. The molecule has 21 heavy (non-hydrogen) atoms. The van der Waals surface area contributed by atoms with Crippen molar-refractivity contribution in [2.75, 3.05) is 0 Å². The molecule has 0 unspecified atom stereocenters. The van der Waals surface area contributed by atoms with Gasteiger partial charge in [-0.1, -0.05) is 30.3 Å². The highest BCUT2D eigenvalue weighted by molar-refractivity contribution is 8.12. The van der Waals surface area contributed by atoms with E-state index in [1.165, 1.54) is 17.3 Å². The molecule has 0 saturated heterocycles. The summed E-state index contributed by atoms with van der Waals surface area (Å²) < 4.78 is 0. The predicted molar refractivity (Wildman–Crippen MR) is 85.7 cm³/mol. The van der Waals surface area contributed by atoms with Gasteiger partial charge in [-0.3, -0.25) is 11.1 Å². The minimum atomic E-state index is 0.310. The molecule has 1 aromatic heterocycles. The number of aromatic amines is 1. The van der Waals surface area contributed by atoms with E-state index in [1.54, 1.807) is 0 Å². The summed E-state index contributed by atoms with van der Waals surface area (Å²) >= 11 is 1.33. The zero-order valence-electron chi connectivity index (χ0n) is 12.1. The zero-order valence-corrected chi connectivity index (χ0v) is 12.9. The normalized spacial score (nSPS) is 10.5. The molecule has 0 amide bonds. The molecule has 0 bridgehead atoms. The van der Waals surface area contributed by atoms with Gasteiger partial charge in [-0.05, 0) is 23.7 Å². The number of aromatic hydroxyl groups is 1. The van der Waals surface area contributed by atoms with Crippen LogP contribution < -0.4 is 16.1 Å². The van der Waals surface area contributed by atoms with E-state index < -0.39 is 0 Å². The summed E-state index contributed by atoms with van der Waals surface area (Å²) in [6, 6.07) is 12.2. The number of H-pyrrole nitrogens is 1. The van der Waals surface area contributed by atoms with Crippen molar-refractivity contribution >= 4 is 16.9 Å². The molecule has 0 aliphatic heterocycles. The minimum Gasteiger partial charge on any atom is -0.502 e. The molecule has 0 saturated carbocycles. The molecular formula is C16H21N3OS+2. The Kier molecular flexibility index (Phi) is 5.22. The van der Waals surface area contributed by atoms with Gasteiger partial charge < -0.3 is 5.11 Å². The predicted octanol–water partition coefficient (Wildman–Crippen LogP) is 0.607. The van der Waals surface area contributed by atoms with Gasteiger partial charge in [-0.15, -0.1) is 0 Å². The zero-order chi connectivity index (χ0) is 15.2. The first kappa shape index (κ1) is 15.4. The lowest BCUT2D eigenvalue weighted by Crippen LogP contribution is -2.43. The summed E-state index contributed by atoms with van der Waals surface area (Å²) in [6.45, 7) is 1.98. The number of benzene rings is 1. The Morgan fingerprint density at radius 1 is 1.29 bits per heavy atom. The number of hydrogen-bond donors (Lipinski definition) is 3. The lowest BCUT2D eigenvalue weighted by molar-refractivity contribution is -0.400. The molecule has 0 aliphatic rings. The molecule has 6 N–H and O–H groups in total. The van der Waals surface area contributed by atoms with E-state index in [1.807, 2.05) is 31.2 Å². The van der Waals surface area contributed by atoms with Crippen LogP contribution in [0.5, 0.6) is 5.75 Å². The first-order valence-electron chi connectivity index (χ1n) is 6.84. The highest BCUT2D eigenvalue weighted by Crippen LogP contribution is 2.24. The van der Waals surface area contributed by atoms with E-state index in [2.05, 4.69) is 17.1 Å².